The fraction of sp³-hybridized carbons (Fsp3) is 0.360. The Bertz CT molecular complexity index is 1060. The van der Waals surface area contributed by atoms with Gasteiger partial charge in [-0.15, -0.1) is 0 Å². The Morgan fingerprint density at radius 1 is 1.16 bits per heavy atom. The maximum absolute atomic E-state index is 12.9. The summed E-state index contributed by atoms with van der Waals surface area (Å²) in [6, 6.07) is 17.7. The Kier molecular flexibility index (Phi) is 6.63. The molecule has 1 aromatic heterocycles. The normalized spacial score (nSPS) is 13.0. The zero-order chi connectivity index (χ0) is 22.5. The average molecular weight is 435 g/mol. The number of urea groups is 1. The van der Waals surface area contributed by atoms with Crippen molar-refractivity contribution in [3.8, 4) is 28.6 Å². The molecule has 1 aliphatic rings. The highest BCUT2D eigenvalue weighted by atomic mass is 16.5. The van der Waals surface area contributed by atoms with Crippen molar-refractivity contribution in [1.29, 1.82) is 0 Å². The molecule has 7 heteroatoms. The van der Waals surface area contributed by atoms with Gasteiger partial charge in [0.15, 0.2) is 0 Å². The molecule has 0 radical (unpaired) electrons. The summed E-state index contributed by atoms with van der Waals surface area (Å²) in [4.78, 5) is 14.8. The van der Waals surface area contributed by atoms with Gasteiger partial charge in [0.05, 0.1) is 19.2 Å². The molecule has 2 aromatic carbocycles. The Morgan fingerprint density at radius 3 is 2.59 bits per heavy atom. The van der Waals surface area contributed by atoms with Crippen LogP contribution in [0.15, 0.2) is 54.6 Å². The van der Waals surface area contributed by atoms with Crippen LogP contribution in [0.3, 0.4) is 0 Å². The largest absolute Gasteiger partial charge is 0.497 e. The molecular formula is C25H30N4O3. The van der Waals surface area contributed by atoms with Crippen molar-refractivity contribution in [2.24, 2.45) is 7.05 Å². The minimum atomic E-state index is -0.0375. The van der Waals surface area contributed by atoms with E-state index >= 15 is 0 Å². The molecule has 0 bridgehead atoms. The Balaban J connectivity index is 1.72. The van der Waals surface area contributed by atoms with Gasteiger partial charge in [-0.1, -0.05) is 43.3 Å². The molecule has 1 heterocycles. The van der Waals surface area contributed by atoms with Crippen molar-refractivity contribution in [2.45, 2.75) is 38.8 Å². The summed E-state index contributed by atoms with van der Waals surface area (Å²) in [5, 5.41) is 7.80. The number of ether oxygens (including phenoxy) is 2. The Morgan fingerprint density at radius 2 is 1.91 bits per heavy atom. The van der Waals surface area contributed by atoms with Crippen LogP contribution in [0.5, 0.6) is 17.4 Å². The van der Waals surface area contributed by atoms with Gasteiger partial charge in [-0.25, -0.2) is 9.48 Å². The number of carbonyl (C=O) groups is 1. The van der Waals surface area contributed by atoms with Crippen molar-refractivity contribution < 1.29 is 14.3 Å². The monoisotopic (exact) mass is 434 g/mol. The van der Waals surface area contributed by atoms with Crippen LogP contribution in [0.2, 0.25) is 0 Å². The van der Waals surface area contributed by atoms with E-state index in [9.17, 15) is 4.79 Å². The van der Waals surface area contributed by atoms with Crippen molar-refractivity contribution >= 4 is 6.03 Å². The highest BCUT2D eigenvalue weighted by Crippen LogP contribution is 2.37. The molecule has 168 valence electrons. The highest BCUT2D eigenvalue weighted by Gasteiger charge is 2.35. The first-order valence-electron chi connectivity index (χ1n) is 11.1. The number of benzene rings is 2. The molecule has 3 aromatic rings. The first-order valence-corrected chi connectivity index (χ1v) is 11.1. The van der Waals surface area contributed by atoms with Crippen LogP contribution in [0, 0.1) is 0 Å². The second-order valence-corrected chi connectivity index (χ2v) is 7.99. The van der Waals surface area contributed by atoms with Gasteiger partial charge < -0.3 is 19.7 Å². The molecule has 0 saturated heterocycles. The molecule has 32 heavy (non-hydrogen) atoms. The predicted molar refractivity (Wildman–Crippen MR) is 124 cm³/mol. The summed E-state index contributed by atoms with van der Waals surface area (Å²) in [5.74, 6) is 1.99. The number of amides is 2. The molecule has 1 saturated carbocycles. The molecule has 0 spiro atoms. The molecule has 7 nitrogen and oxygen atoms in total. The maximum Gasteiger partial charge on any atom is 0.317 e. The van der Waals surface area contributed by atoms with Crippen molar-refractivity contribution in [3.05, 3.63) is 60.2 Å². The van der Waals surface area contributed by atoms with Crippen molar-refractivity contribution in [1.82, 2.24) is 20.0 Å². The van der Waals surface area contributed by atoms with E-state index in [0.717, 1.165) is 36.1 Å². The number of rotatable bonds is 9. The minimum Gasteiger partial charge on any atom is -0.497 e. The van der Waals surface area contributed by atoms with E-state index in [-0.39, 0.29) is 12.1 Å². The third kappa shape index (κ3) is 4.88. The number of nitrogens with one attached hydrogen (secondary N) is 1. The van der Waals surface area contributed by atoms with Gasteiger partial charge in [0.1, 0.15) is 17.2 Å². The summed E-state index contributed by atoms with van der Waals surface area (Å²) < 4.78 is 13.4. The SMILES string of the molecule is CCCNC(=O)N(Cc1c(-c2ccccc2)nn(C)c1Oc1cccc(OC)c1)C1CC1. The van der Waals surface area contributed by atoms with Gasteiger partial charge in [0.25, 0.3) is 0 Å². The van der Waals surface area contributed by atoms with E-state index in [1.165, 1.54) is 0 Å². The van der Waals surface area contributed by atoms with Crippen LogP contribution in [0.1, 0.15) is 31.7 Å². The predicted octanol–water partition coefficient (Wildman–Crippen LogP) is 4.97. The number of nitrogens with zero attached hydrogens (tertiary/aromatic N) is 3. The lowest BCUT2D eigenvalue weighted by atomic mass is 10.1. The quantitative estimate of drug-likeness (QED) is 0.516. The molecule has 0 aliphatic heterocycles. The van der Waals surface area contributed by atoms with Crippen molar-refractivity contribution in [3.63, 3.8) is 0 Å². The number of methoxy groups -OCH3 is 1. The van der Waals surface area contributed by atoms with Crippen molar-refractivity contribution in [2.75, 3.05) is 13.7 Å². The van der Waals surface area contributed by atoms with E-state index in [1.54, 1.807) is 11.8 Å². The van der Waals surface area contributed by atoms with Gasteiger partial charge in [0, 0.05) is 31.3 Å². The van der Waals surface area contributed by atoms with Gasteiger partial charge in [-0.3, -0.25) is 0 Å². The summed E-state index contributed by atoms with van der Waals surface area (Å²) in [5.41, 5.74) is 2.70. The zero-order valence-corrected chi connectivity index (χ0v) is 18.9. The first-order chi connectivity index (χ1) is 15.6. The zero-order valence-electron chi connectivity index (χ0n) is 18.9. The van der Waals surface area contributed by atoms with Crippen LogP contribution in [-0.2, 0) is 13.6 Å². The Hall–Kier alpha value is -3.48. The van der Waals surface area contributed by atoms with Crippen LogP contribution >= 0.6 is 0 Å². The molecule has 0 unspecified atom stereocenters. The first kappa shape index (κ1) is 21.7. The van der Waals surface area contributed by atoms with Gasteiger partial charge in [0.2, 0.25) is 5.88 Å². The second-order valence-electron chi connectivity index (χ2n) is 7.99. The molecule has 2 amide bonds. The lowest BCUT2D eigenvalue weighted by Crippen LogP contribution is -2.41. The summed E-state index contributed by atoms with van der Waals surface area (Å²) in [6.07, 6.45) is 2.94. The van der Waals surface area contributed by atoms with E-state index in [4.69, 9.17) is 14.6 Å². The van der Waals surface area contributed by atoms with Crippen LogP contribution < -0.4 is 14.8 Å². The number of carbonyl (C=O) groups excluding carboxylic acids is 1. The van der Waals surface area contributed by atoms with Crippen LogP contribution in [0.25, 0.3) is 11.3 Å². The highest BCUT2D eigenvalue weighted by molar-refractivity contribution is 5.76. The average Bonchev–Trinajstić information content (AvgIpc) is 3.62. The van der Waals surface area contributed by atoms with Gasteiger partial charge in [-0.2, -0.15) is 5.10 Å². The van der Waals surface area contributed by atoms with Crippen LogP contribution in [-0.4, -0.2) is 40.4 Å². The minimum absolute atomic E-state index is 0.0375. The number of aryl methyl sites for hydroxylation is 1. The molecule has 1 aliphatic carbocycles. The van der Waals surface area contributed by atoms with Gasteiger partial charge in [-0.05, 0) is 31.4 Å². The van der Waals surface area contributed by atoms with E-state index in [2.05, 4.69) is 12.2 Å². The standard InChI is InChI=1S/C25H30N4O3/c1-4-15-26-25(30)29(19-13-14-19)17-22-23(18-9-6-5-7-10-18)27-28(2)24(22)32-21-12-8-11-20(16-21)31-3/h5-12,16,19H,4,13-15,17H2,1-3H3,(H,26,30). The third-order valence-electron chi connectivity index (χ3n) is 5.49. The maximum atomic E-state index is 12.9. The molecule has 4 rings (SSSR count). The van der Waals surface area contributed by atoms with Gasteiger partial charge >= 0.3 is 6.03 Å². The summed E-state index contributed by atoms with van der Waals surface area (Å²) in [6.45, 7) is 3.14. The fourth-order valence-corrected chi connectivity index (χ4v) is 3.68. The fourth-order valence-electron chi connectivity index (χ4n) is 3.68. The number of aromatic nitrogens is 2. The third-order valence-corrected chi connectivity index (χ3v) is 5.49. The number of hydrogen-bond donors (Lipinski definition) is 1. The topological polar surface area (TPSA) is 68.6 Å². The summed E-state index contributed by atoms with van der Waals surface area (Å²) in [7, 11) is 3.49. The molecular weight excluding hydrogens is 404 g/mol. The second kappa shape index (κ2) is 9.77. The molecule has 1 N–H and O–H groups in total. The molecule has 0 atom stereocenters. The molecule has 1 fully saturated rings. The number of hydrogen-bond acceptors (Lipinski definition) is 4. The van der Waals surface area contributed by atoms with E-state index < -0.39 is 0 Å². The Labute approximate surface area is 188 Å². The summed E-state index contributed by atoms with van der Waals surface area (Å²) >= 11 is 0. The van der Waals surface area contributed by atoms with Crippen LogP contribution in [0.4, 0.5) is 4.79 Å². The van der Waals surface area contributed by atoms with E-state index in [0.29, 0.717) is 30.5 Å². The lowest BCUT2D eigenvalue weighted by molar-refractivity contribution is 0.191. The van der Waals surface area contributed by atoms with E-state index in [1.807, 2.05) is 66.5 Å². The lowest BCUT2D eigenvalue weighted by Gasteiger charge is -2.23. The smallest absolute Gasteiger partial charge is 0.317 e.